The summed E-state index contributed by atoms with van der Waals surface area (Å²) < 4.78 is 0. The highest BCUT2D eigenvalue weighted by Crippen LogP contribution is 2.50. The lowest BCUT2D eigenvalue weighted by atomic mass is 9.63. The standard InChI is InChI=1S/C18H28/c1-13(2)14-7-9-15-16(10-8-14)18(5,6)12-11-17(15,3)4/h7-10,13-14H,11-12H2,1-6H3. The van der Waals surface area contributed by atoms with Gasteiger partial charge in [0.15, 0.2) is 0 Å². The molecule has 0 bridgehead atoms. The normalized spacial score (nSPS) is 26.4. The smallest absolute Gasteiger partial charge is 0.00240 e. The van der Waals surface area contributed by atoms with Gasteiger partial charge in [-0.3, -0.25) is 0 Å². The Kier molecular flexibility index (Phi) is 3.34. The molecule has 0 aromatic carbocycles. The van der Waals surface area contributed by atoms with E-state index in [4.69, 9.17) is 0 Å². The van der Waals surface area contributed by atoms with Crippen LogP contribution in [0.3, 0.4) is 0 Å². The lowest BCUT2D eigenvalue weighted by molar-refractivity contribution is 0.273. The van der Waals surface area contributed by atoms with Crippen molar-refractivity contribution in [1.29, 1.82) is 0 Å². The van der Waals surface area contributed by atoms with Crippen LogP contribution in [0.4, 0.5) is 0 Å². The average Bonchev–Trinajstić information content (AvgIpc) is 2.48. The van der Waals surface area contributed by atoms with Crippen molar-refractivity contribution in [2.24, 2.45) is 22.7 Å². The second kappa shape index (κ2) is 4.40. The van der Waals surface area contributed by atoms with Gasteiger partial charge in [0.1, 0.15) is 0 Å². The summed E-state index contributed by atoms with van der Waals surface area (Å²) in [4.78, 5) is 0. The maximum atomic E-state index is 2.42. The fraction of sp³-hybridized carbons (Fsp3) is 0.667. The van der Waals surface area contributed by atoms with Gasteiger partial charge in [0.25, 0.3) is 0 Å². The Hall–Kier alpha value is -0.780. The Bertz CT molecular complexity index is 377. The summed E-state index contributed by atoms with van der Waals surface area (Å²) in [6, 6.07) is 0. The van der Waals surface area contributed by atoms with Crippen LogP contribution in [0.1, 0.15) is 54.4 Å². The van der Waals surface area contributed by atoms with Gasteiger partial charge in [0, 0.05) is 0 Å². The third-order valence-electron chi connectivity index (χ3n) is 4.86. The van der Waals surface area contributed by atoms with Crippen LogP contribution in [-0.4, -0.2) is 0 Å². The molecule has 0 N–H and O–H groups in total. The molecule has 0 aromatic heterocycles. The van der Waals surface area contributed by atoms with Gasteiger partial charge in [0.05, 0.1) is 0 Å². The molecule has 0 unspecified atom stereocenters. The van der Waals surface area contributed by atoms with Crippen molar-refractivity contribution in [3.63, 3.8) is 0 Å². The number of rotatable bonds is 1. The summed E-state index contributed by atoms with van der Waals surface area (Å²) in [6.07, 6.45) is 12.2. The minimum atomic E-state index is 0.331. The first-order valence-electron chi connectivity index (χ1n) is 7.36. The van der Waals surface area contributed by atoms with Crippen LogP contribution in [-0.2, 0) is 0 Å². The van der Waals surface area contributed by atoms with Gasteiger partial charge >= 0.3 is 0 Å². The molecule has 0 heteroatoms. The maximum Gasteiger partial charge on any atom is -0.00240 e. The average molecular weight is 244 g/mol. The van der Waals surface area contributed by atoms with E-state index in [9.17, 15) is 0 Å². The van der Waals surface area contributed by atoms with Crippen LogP contribution in [0.15, 0.2) is 35.5 Å². The molecule has 2 aliphatic rings. The fourth-order valence-corrected chi connectivity index (χ4v) is 3.18. The predicted octanol–water partition coefficient (Wildman–Crippen LogP) is 5.53. The molecule has 18 heavy (non-hydrogen) atoms. The van der Waals surface area contributed by atoms with E-state index < -0.39 is 0 Å². The first-order chi connectivity index (χ1) is 8.24. The Morgan fingerprint density at radius 2 is 1.28 bits per heavy atom. The molecule has 0 nitrogen and oxygen atoms in total. The number of allylic oxidation sites excluding steroid dienone is 6. The van der Waals surface area contributed by atoms with Crippen molar-refractivity contribution in [3.8, 4) is 0 Å². The highest BCUT2D eigenvalue weighted by Gasteiger charge is 2.37. The minimum Gasteiger partial charge on any atom is -0.0771 e. The molecule has 0 saturated carbocycles. The van der Waals surface area contributed by atoms with E-state index in [0.29, 0.717) is 22.7 Å². The maximum absolute atomic E-state index is 2.42. The summed E-state index contributed by atoms with van der Waals surface area (Å²) in [6.45, 7) is 14.2. The molecule has 0 atom stereocenters. The van der Waals surface area contributed by atoms with Crippen LogP contribution in [0.5, 0.6) is 0 Å². The molecule has 0 saturated heterocycles. The van der Waals surface area contributed by atoms with E-state index in [1.807, 2.05) is 0 Å². The molecular formula is C18H28. The monoisotopic (exact) mass is 244 g/mol. The topological polar surface area (TPSA) is 0 Å². The second-order valence-electron chi connectivity index (χ2n) is 7.63. The lowest BCUT2D eigenvalue weighted by Crippen LogP contribution is -2.29. The van der Waals surface area contributed by atoms with E-state index >= 15 is 0 Å². The molecule has 0 amide bonds. The summed E-state index contributed by atoms with van der Waals surface area (Å²) in [5, 5.41) is 0. The van der Waals surface area contributed by atoms with Gasteiger partial charge in [-0.2, -0.15) is 0 Å². The van der Waals surface area contributed by atoms with Crippen molar-refractivity contribution in [2.45, 2.75) is 54.4 Å². The SMILES string of the molecule is CC(C)C1C=CC2=C(C=C1)C(C)(C)CCC2(C)C. The minimum absolute atomic E-state index is 0.331. The Balaban J connectivity index is 2.48. The van der Waals surface area contributed by atoms with E-state index in [1.165, 1.54) is 12.8 Å². The van der Waals surface area contributed by atoms with E-state index in [2.05, 4.69) is 65.8 Å². The summed E-state index contributed by atoms with van der Waals surface area (Å²) in [7, 11) is 0. The van der Waals surface area contributed by atoms with Crippen LogP contribution in [0.2, 0.25) is 0 Å². The molecule has 0 aliphatic heterocycles. The van der Waals surface area contributed by atoms with Crippen molar-refractivity contribution in [2.75, 3.05) is 0 Å². The highest BCUT2D eigenvalue weighted by atomic mass is 14.4. The largest absolute Gasteiger partial charge is 0.0771 e. The third kappa shape index (κ3) is 2.35. The van der Waals surface area contributed by atoms with Gasteiger partial charge in [-0.05, 0) is 46.7 Å². The first-order valence-corrected chi connectivity index (χ1v) is 7.36. The van der Waals surface area contributed by atoms with Gasteiger partial charge < -0.3 is 0 Å². The highest BCUT2D eigenvalue weighted by molar-refractivity contribution is 5.45. The van der Waals surface area contributed by atoms with Gasteiger partial charge in [-0.25, -0.2) is 0 Å². The second-order valence-corrected chi connectivity index (χ2v) is 7.63. The van der Waals surface area contributed by atoms with Crippen molar-refractivity contribution in [3.05, 3.63) is 35.5 Å². The summed E-state index contributed by atoms with van der Waals surface area (Å²) >= 11 is 0. The van der Waals surface area contributed by atoms with Crippen molar-refractivity contribution < 1.29 is 0 Å². The molecule has 100 valence electrons. The van der Waals surface area contributed by atoms with Crippen molar-refractivity contribution >= 4 is 0 Å². The third-order valence-corrected chi connectivity index (χ3v) is 4.86. The fourth-order valence-electron chi connectivity index (χ4n) is 3.18. The van der Waals surface area contributed by atoms with Crippen LogP contribution < -0.4 is 0 Å². The van der Waals surface area contributed by atoms with Gasteiger partial charge in [-0.1, -0.05) is 65.8 Å². The van der Waals surface area contributed by atoms with Gasteiger partial charge in [-0.15, -0.1) is 0 Å². The van der Waals surface area contributed by atoms with Crippen molar-refractivity contribution in [1.82, 2.24) is 0 Å². The molecule has 0 heterocycles. The number of hydrogen-bond acceptors (Lipinski definition) is 0. The van der Waals surface area contributed by atoms with Crippen LogP contribution in [0, 0.1) is 22.7 Å². The Morgan fingerprint density at radius 3 is 1.61 bits per heavy atom. The molecule has 0 fully saturated rings. The first kappa shape index (κ1) is 13.6. The van der Waals surface area contributed by atoms with Crippen LogP contribution in [0.25, 0.3) is 0 Å². The molecule has 2 aliphatic carbocycles. The quantitative estimate of drug-likeness (QED) is 0.569. The van der Waals surface area contributed by atoms with Crippen LogP contribution >= 0.6 is 0 Å². The molecule has 0 radical (unpaired) electrons. The Labute approximate surface area is 113 Å². The lowest BCUT2D eigenvalue weighted by Gasteiger charge is -2.41. The zero-order valence-electron chi connectivity index (χ0n) is 12.9. The molecular weight excluding hydrogens is 216 g/mol. The summed E-state index contributed by atoms with van der Waals surface area (Å²) in [5.74, 6) is 1.27. The van der Waals surface area contributed by atoms with E-state index in [-0.39, 0.29) is 0 Å². The Morgan fingerprint density at radius 1 is 0.889 bits per heavy atom. The van der Waals surface area contributed by atoms with Gasteiger partial charge in [0.2, 0.25) is 0 Å². The van der Waals surface area contributed by atoms with E-state index in [1.54, 1.807) is 11.1 Å². The molecule has 2 rings (SSSR count). The van der Waals surface area contributed by atoms with E-state index in [0.717, 1.165) is 0 Å². The summed E-state index contributed by atoms with van der Waals surface area (Å²) in [5.41, 5.74) is 3.80. The molecule has 0 spiro atoms. The number of hydrogen-bond donors (Lipinski definition) is 0. The zero-order chi connectivity index (χ0) is 13.6. The predicted molar refractivity (Wildman–Crippen MR) is 80.4 cm³/mol. The molecule has 0 aromatic rings. The zero-order valence-corrected chi connectivity index (χ0v) is 12.9.